The van der Waals surface area contributed by atoms with Crippen LogP contribution in [0.4, 0.5) is 0 Å². The number of fused-ring (bicyclic) bond motifs is 1. The van der Waals surface area contributed by atoms with Crippen molar-refractivity contribution < 1.29 is 19.0 Å². The summed E-state index contributed by atoms with van der Waals surface area (Å²) in [6.07, 6.45) is 4.19. The summed E-state index contributed by atoms with van der Waals surface area (Å²) in [6, 6.07) is 13.1. The number of hydrogen-bond donors (Lipinski definition) is 0. The lowest BCUT2D eigenvalue weighted by molar-refractivity contribution is 0.0600. The zero-order chi connectivity index (χ0) is 17.8. The van der Waals surface area contributed by atoms with Crippen molar-refractivity contribution in [3.8, 4) is 11.5 Å². The summed E-state index contributed by atoms with van der Waals surface area (Å²) >= 11 is 0. The van der Waals surface area contributed by atoms with Crippen LogP contribution in [0.15, 0.2) is 53.6 Å². The average molecular weight is 336 g/mol. The van der Waals surface area contributed by atoms with Gasteiger partial charge in [0.05, 0.1) is 19.8 Å². The normalized spacial score (nSPS) is 13.4. The summed E-state index contributed by atoms with van der Waals surface area (Å²) in [5, 5.41) is 0. The van der Waals surface area contributed by atoms with Crippen molar-refractivity contribution in [2.24, 2.45) is 0 Å². The molecule has 0 radical (unpaired) electrons. The monoisotopic (exact) mass is 336 g/mol. The molecule has 4 nitrogen and oxygen atoms in total. The van der Waals surface area contributed by atoms with E-state index in [0.717, 1.165) is 33.8 Å². The number of hydrogen-bond acceptors (Lipinski definition) is 4. The third kappa shape index (κ3) is 3.74. The molecule has 0 N–H and O–H groups in total. The summed E-state index contributed by atoms with van der Waals surface area (Å²) in [4.78, 5) is 11.5. The molecule has 0 amide bonds. The van der Waals surface area contributed by atoms with Crippen molar-refractivity contribution in [2.45, 2.75) is 6.92 Å². The molecular formula is C21H20O4. The fourth-order valence-electron chi connectivity index (χ4n) is 2.69. The van der Waals surface area contributed by atoms with Gasteiger partial charge in [0.2, 0.25) is 0 Å². The van der Waals surface area contributed by atoms with E-state index in [0.29, 0.717) is 12.2 Å². The predicted octanol–water partition coefficient (Wildman–Crippen LogP) is 4.36. The second-order valence-electron chi connectivity index (χ2n) is 5.80. The predicted molar refractivity (Wildman–Crippen MR) is 97.9 cm³/mol. The molecule has 0 atom stereocenters. The first kappa shape index (κ1) is 16.8. The summed E-state index contributed by atoms with van der Waals surface area (Å²) in [7, 11) is 3.03. The standard InChI is InChI=1S/C21H20O4/c1-14(10-15-4-6-16(7-5-15)21(22)24-3)18-11-17-12-19(23-2)8-9-20(17)25-13-18/h4-12H,13H2,1-3H3/b14-10+. The highest BCUT2D eigenvalue weighted by Crippen LogP contribution is 2.32. The number of benzene rings is 2. The van der Waals surface area contributed by atoms with E-state index in [9.17, 15) is 4.79 Å². The van der Waals surface area contributed by atoms with Gasteiger partial charge in [-0.15, -0.1) is 0 Å². The fraction of sp³-hybridized carbons (Fsp3) is 0.190. The zero-order valence-electron chi connectivity index (χ0n) is 14.5. The third-order valence-corrected chi connectivity index (χ3v) is 4.15. The van der Waals surface area contributed by atoms with Gasteiger partial charge in [-0.2, -0.15) is 0 Å². The van der Waals surface area contributed by atoms with Crippen LogP contribution in [0.1, 0.15) is 28.4 Å². The zero-order valence-corrected chi connectivity index (χ0v) is 14.5. The van der Waals surface area contributed by atoms with E-state index in [1.54, 1.807) is 19.2 Å². The Kier molecular flexibility index (Phi) is 4.89. The van der Waals surface area contributed by atoms with Crippen LogP contribution in [0, 0.1) is 0 Å². The van der Waals surface area contributed by atoms with Gasteiger partial charge in [-0.3, -0.25) is 0 Å². The summed E-state index contributed by atoms with van der Waals surface area (Å²) in [6.45, 7) is 2.58. The Morgan fingerprint density at radius 3 is 2.56 bits per heavy atom. The molecule has 128 valence electrons. The molecule has 25 heavy (non-hydrogen) atoms. The Balaban J connectivity index is 1.84. The summed E-state index contributed by atoms with van der Waals surface area (Å²) in [5.74, 6) is 1.33. The molecule has 2 aromatic carbocycles. The molecule has 1 aliphatic heterocycles. The van der Waals surface area contributed by atoms with Gasteiger partial charge in [-0.1, -0.05) is 18.2 Å². The van der Waals surface area contributed by atoms with Gasteiger partial charge in [0.15, 0.2) is 0 Å². The van der Waals surface area contributed by atoms with Crippen molar-refractivity contribution >= 4 is 18.1 Å². The molecule has 1 aliphatic rings. The molecule has 0 aliphatic carbocycles. The third-order valence-electron chi connectivity index (χ3n) is 4.15. The number of carbonyl (C=O) groups excluding carboxylic acids is 1. The van der Waals surface area contributed by atoms with Crippen molar-refractivity contribution in [1.29, 1.82) is 0 Å². The van der Waals surface area contributed by atoms with E-state index < -0.39 is 0 Å². The van der Waals surface area contributed by atoms with Crippen LogP contribution >= 0.6 is 0 Å². The van der Waals surface area contributed by atoms with Gasteiger partial charge in [-0.25, -0.2) is 4.79 Å². The Morgan fingerprint density at radius 2 is 1.88 bits per heavy atom. The van der Waals surface area contributed by atoms with Crippen LogP contribution in [0.3, 0.4) is 0 Å². The van der Waals surface area contributed by atoms with Gasteiger partial charge in [0.1, 0.15) is 18.1 Å². The molecular weight excluding hydrogens is 316 g/mol. The van der Waals surface area contributed by atoms with Crippen LogP contribution in [0.5, 0.6) is 11.5 Å². The van der Waals surface area contributed by atoms with E-state index in [4.69, 9.17) is 14.2 Å². The maximum atomic E-state index is 11.5. The Hall–Kier alpha value is -3.01. The minimum Gasteiger partial charge on any atom is -0.497 e. The van der Waals surface area contributed by atoms with E-state index in [2.05, 4.69) is 19.1 Å². The van der Waals surface area contributed by atoms with Crippen molar-refractivity contribution in [3.05, 3.63) is 70.3 Å². The first-order valence-electron chi connectivity index (χ1n) is 7.99. The SMILES string of the molecule is COC(=O)c1ccc(/C=C(\C)C2=Cc3cc(OC)ccc3OC2)cc1. The van der Waals surface area contributed by atoms with Crippen LogP contribution in [-0.2, 0) is 4.74 Å². The Bertz CT molecular complexity index is 845. The summed E-state index contributed by atoms with van der Waals surface area (Å²) in [5.41, 5.74) is 4.78. The van der Waals surface area contributed by atoms with Crippen molar-refractivity contribution in [1.82, 2.24) is 0 Å². The lowest BCUT2D eigenvalue weighted by Crippen LogP contribution is -2.08. The second-order valence-corrected chi connectivity index (χ2v) is 5.80. The average Bonchev–Trinajstić information content (AvgIpc) is 2.67. The number of methoxy groups -OCH3 is 2. The quantitative estimate of drug-likeness (QED) is 0.778. The highest BCUT2D eigenvalue weighted by molar-refractivity contribution is 5.89. The second kappa shape index (κ2) is 7.26. The number of carbonyl (C=O) groups is 1. The lowest BCUT2D eigenvalue weighted by Gasteiger charge is -2.19. The molecule has 1 heterocycles. The molecule has 0 aromatic heterocycles. The largest absolute Gasteiger partial charge is 0.497 e. The van der Waals surface area contributed by atoms with Gasteiger partial charge in [0, 0.05) is 5.56 Å². The molecule has 3 rings (SSSR count). The van der Waals surface area contributed by atoms with Crippen LogP contribution in [-0.4, -0.2) is 26.8 Å². The minimum atomic E-state index is -0.332. The lowest BCUT2D eigenvalue weighted by atomic mass is 9.99. The maximum Gasteiger partial charge on any atom is 0.337 e. The molecule has 0 unspecified atom stereocenters. The number of esters is 1. The highest BCUT2D eigenvalue weighted by atomic mass is 16.5. The van der Waals surface area contributed by atoms with Crippen molar-refractivity contribution in [3.63, 3.8) is 0 Å². The smallest absolute Gasteiger partial charge is 0.337 e. The number of rotatable bonds is 4. The first-order chi connectivity index (χ1) is 12.1. The highest BCUT2D eigenvalue weighted by Gasteiger charge is 2.13. The maximum absolute atomic E-state index is 11.5. The van der Waals surface area contributed by atoms with Crippen LogP contribution < -0.4 is 9.47 Å². The molecule has 4 heteroatoms. The Labute approximate surface area is 147 Å². The van der Waals surface area contributed by atoms with Gasteiger partial charge in [-0.05, 0) is 60.0 Å². The minimum absolute atomic E-state index is 0.332. The molecule has 0 bridgehead atoms. The van der Waals surface area contributed by atoms with Gasteiger partial charge >= 0.3 is 5.97 Å². The Morgan fingerprint density at radius 1 is 1.12 bits per heavy atom. The van der Waals surface area contributed by atoms with Gasteiger partial charge in [0.25, 0.3) is 0 Å². The van der Waals surface area contributed by atoms with E-state index in [1.165, 1.54) is 7.11 Å². The van der Waals surface area contributed by atoms with E-state index >= 15 is 0 Å². The van der Waals surface area contributed by atoms with Crippen LogP contribution in [0.2, 0.25) is 0 Å². The van der Waals surface area contributed by atoms with Crippen LogP contribution in [0.25, 0.3) is 12.2 Å². The van der Waals surface area contributed by atoms with Gasteiger partial charge < -0.3 is 14.2 Å². The number of ether oxygens (including phenoxy) is 3. The fourth-order valence-corrected chi connectivity index (χ4v) is 2.69. The van der Waals surface area contributed by atoms with E-state index in [1.807, 2.05) is 30.3 Å². The van der Waals surface area contributed by atoms with Crippen molar-refractivity contribution in [2.75, 3.05) is 20.8 Å². The molecule has 2 aromatic rings. The van der Waals surface area contributed by atoms with E-state index in [-0.39, 0.29) is 5.97 Å². The molecule has 0 spiro atoms. The molecule has 0 saturated carbocycles. The first-order valence-corrected chi connectivity index (χ1v) is 7.99. The molecule has 0 fully saturated rings. The summed E-state index contributed by atoms with van der Waals surface area (Å²) < 4.78 is 15.8. The molecule has 0 saturated heterocycles. The topological polar surface area (TPSA) is 44.8 Å².